The SMILES string of the molecule is CC1OC1Oc1nc(=O)[nH]c(=O)[nH]1.O=c1n(CC2CO2)c(=O)n(CC2CO2)c(=O)n1CC1CO1. The Hall–Kier alpha value is -3.34. The highest BCUT2D eigenvalue weighted by atomic mass is 16.8. The minimum absolute atomic E-state index is 0.0235. The lowest BCUT2D eigenvalue weighted by Crippen LogP contribution is -2.55. The number of nitrogens with zero attached hydrogens (tertiary/aromatic N) is 4. The van der Waals surface area contributed by atoms with Gasteiger partial charge < -0.3 is 23.7 Å². The Morgan fingerprint density at radius 2 is 1.24 bits per heavy atom. The summed E-state index contributed by atoms with van der Waals surface area (Å²) in [4.78, 5) is 66.0. The van der Waals surface area contributed by atoms with Crippen molar-refractivity contribution >= 4 is 0 Å². The Kier molecular flexibility index (Phi) is 5.80. The van der Waals surface area contributed by atoms with Crippen LogP contribution in [0.4, 0.5) is 0 Å². The Balaban J connectivity index is 0.000000159. The van der Waals surface area contributed by atoms with Crippen LogP contribution < -0.4 is 33.2 Å². The predicted molar refractivity (Wildman–Crippen MR) is 109 cm³/mol. The zero-order valence-electron chi connectivity index (χ0n) is 18.0. The largest absolute Gasteiger partial charge is 0.432 e. The van der Waals surface area contributed by atoms with Crippen molar-refractivity contribution in [3.05, 3.63) is 52.4 Å². The molecule has 0 aromatic carbocycles. The number of aromatic nitrogens is 6. The van der Waals surface area contributed by atoms with Crippen molar-refractivity contribution in [2.75, 3.05) is 19.8 Å². The lowest BCUT2D eigenvalue weighted by molar-refractivity contribution is 0.164. The van der Waals surface area contributed by atoms with Crippen LogP contribution in [0.1, 0.15) is 6.92 Å². The van der Waals surface area contributed by atoms with Crippen molar-refractivity contribution in [1.82, 2.24) is 28.7 Å². The maximum Gasteiger partial charge on any atom is 0.353 e. The van der Waals surface area contributed by atoms with E-state index < -0.39 is 34.7 Å². The molecule has 0 radical (unpaired) electrons. The highest BCUT2D eigenvalue weighted by Gasteiger charge is 2.37. The summed E-state index contributed by atoms with van der Waals surface area (Å²) in [5.74, 6) is 0. The summed E-state index contributed by atoms with van der Waals surface area (Å²) >= 11 is 0. The average Bonchev–Trinajstić information content (AvgIpc) is 3.59. The molecule has 4 saturated heterocycles. The standard InChI is InChI=1S/C12H15N3O6.C6H7N3O4/c16-10-13(1-7-4-19-7)11(17)15(3-9-6-21-9)12(18)14(10)2-8-5-20-8;1-2-3(12-2)13-6-8-4(10)7-5(11)9-6/h7-9H,1-6H2;2-3H,1H3,(H2,7,8,9,10,11). The Labute approximate surface area is 188 Å². The van der Waals surface area contributed by atoms with Crippen molar-refractivity contribution in [1.29, 1.82) is 0 Å². The van der Waals surface area contributed by atoms with Gasteiger partial charge in [-0.05, 0) is 6.92 Å². The van der Waals surface area contributed by atoms with Crippen LogP contribution in [-0.4, -0.2) is 79.2 Å². The molecule has 0 bridgehead atoms. The quantitative estimate of drug-likeness (QED) is 0.346. The van der Waals surface area contributed by atoms with Gasteiger partial charge in [0.25, 0.3) is 0 Å². The van der Waals surface area contributed by atoms with Crippen molar-refractivity contribution in [2.45, 2.75) is 57.3 Å². The molecule has 2 N–H and O–H groups in total. The molecule has 5 unspecified atom stereocenters. The van der Waals surface area contributed by atoms with E-state index in [-0.39, 0.29) is 50.1 Å². The van der Waals surface area contributed by atoms with Crippen molar-refractivity contribution in [2.24, 2.45) is 0 Å². The maximum absolute atomic E-state index is 12.4. The van der Waals surface area contributed by atoms with Crippen molar-refractivity contribution < 1.29 is 23.7 Å². The molecule has 16 heteroatoms. The normalized spacial score (nSPS) is 28.0. The van der Waals surface area contributed by atoms with Gasteiger partial charge in [0.1, 0.15) is 6.10 Å². The molecule has 0 spiro atoms. The molecular formula is C18H22N6O10. The zero-order chi connectivity index (χ0) is 24.0. The first-order valence-corrected chi connectivity index (χ1v) is 10.6. The second-order valence-electron chi connectivity index (χ2n) is 8.17. The number of ether oxygens (including phenoxy) is 5. The Morgan fingerprint density at radius 3 is 1.56 bits per heavy atom. The molecule has 5 atom stereocenters. The third-order valence-electron chi connectivity index (χ3n) is 5.28. The summed E-state index contributed by atoms with van der Waals surface area (Å²) in [6.07, 6.45) is -0.799. The molecule has 4 fully saturated rings. The summed E-state index contributed by atoms with van der Waals surface area (Å²) < 4.78 is 28.3. The first-order chi connectivity index (χ1) is 16.3. The van der Waals surface area contributed by atoms with Gasteiger partial charge in [-0.15, -0.1) is 4.98 Å². The molecule has 4 aliphatic rings. The number of rotatable bonds is 8. The number of H-pyrrole nitrogens is 2. The molecule has 2 aromatic heterocycles. The van der Waals surface area contributed by atoms with E-state index in [4.69, 9.17) is 23.7 Å². The number of nitrogens with one attached hydrogen (secondary N) is 2. The van der Waals surface area contributed by atoms with Crippen LogP contribution in [0.2, 0.25) is 0 Å². The van der Waals surface area contributed by atoms with Crippen LogP contribution in [0.3, 0.4) is 0 Å². The number of epoxide rings is 4. The van der Waals surface area contributed by atoms with Gasteiger partial charge in [-0.1, -0.05) is 0 Å². The lowest BCUT2D eigenvalue weighted by Gasteiger charge is -2.12. The van der Waals surface area contributed by atoms with E-state index in [0.717, 1.165) is 13.7 Å². The topological polar surface area (TPSA) is 204 Å². The van der Waals surface area contributed by atoms with Gasteiger partial charge in [0, 0.05) is 0 Å². The van der Waals surface area contributed by atoms with E-state index in [2.05, 4.69) is 9.97 Å². The molecule has 184 valence electrons. The minimum atomic E-state index is -0.743. The summed E-state index contributed by atoms with van der Waals surface area (Å²) in [5.41, 5.74) is -3.17. The summed E-state index contributed by atoms with van der Waals surface area (Å²) in [7, 11) is 0. The Bertz CT molecular complexity index is 1200. The summed E-state index contributed by atoms with van der Waals surface area (Å²) in [5, 5.41) is 0. The molecule has 6 heterocycles. The molecule has 34 heavy (non-hydrogen) atoms. The zero-order valence-corrected chi connectivity index (χ0v) is 18.0. The van der Waals surface area contributed by atoms with Gasteiger partial charge in [-0.2, -0.15) is 0 Å². The third-order valence-corrected chi connectivity index (χ3v) is 5.28. The van der Waals surface area contributed by atoms with Gasteiger partial charge in [0.15, 0.2) is 0 Å². The molecule has 6 rings (SSSR count). The van der Waals surface area contributed by atoms with E-state index in [9.17, 15) is 24.0 Å². The molecular weight excluding hydrogens is 460 g/mol. The second kappa shape index (κ2) is 8.79. The van der Waals surface area contributed by atoms with Crippen LogP contribution in [0.15, 0.2) is 24.0 Å². The monoisotopic (exact) mass is 482 g/mol. The first kappa shape index (κ1) is 22.5. The highest BCUT2D eigenvalue weighted by Crippen LogP contribution is 2.22. The van der Waals surface area contributed by atoms with Gasteiger partial charge in [-0.3, -0.25) is 9.97 Å². The fourth-order valence-corrected chi connectivity index (χ4v) is 3.11. The summed E-state index contributed by atoms with van der Waals surface area (Å²) in [6, 6.07) is -0.122. The summed E-state index contributed by atoms with van der Waals surface area (Å²) in [6.45, 7) is 3.92. The second-order valence-corrected chi connectivity index (χ2v) is 8.17. The third kappa shape index (κ3) is 5.41. The van der Waals surface area contributed by atoms with Gasteiger partial charge in [0.2, 0.25) is 6.29 Å². The fourth-order valence-electron chi connectivity index (χ4n) is 3.11. The van der Waals surface area contributed by atoms with Crippen LogP contribution >= 0.6 is 0 Å². The molecule has 16 nitrogen and oxygen atoms in total. The van der Waals surface area contributed by atoms with Gasteiger partial charge >= 0.3 is 34.5 Å². The van der Waals surface area contributed by atoms with Gasteiger partial charge in [0.05, 0.1) is 57.8 Å². The van der Waals surface area contributed by atoms with Crippen LogP contribution in [-0.2, 0) is 38.6 Å². The lowest BCUT2D eigenvalue weighted by atomic mass is 10.4. The smallest absolute Gasteiger partial charge is 0.353 e. The molecule has 0 saturated carbocycles. The van der Waals surface area contributed by atoms with Crippen LogP contribution in [0.5, 0.6) is 6.01 Å². The van der Waals surface area contributed by atoms with Crippen LogP contribution in [0, 0.1) is 0 Å². The van der Waals surface area contributed by atoms with E-state index in [1.54, 1.807) is 6.92 Å². The molecule has 0 amide bonds. The van der Waals surface area contributed by atoms with E-state index >= 15 is 0 Å². The highest BCUT2D eigenvalue weighted by molar-refractivity contribution is 4.91. The molecule has 2 aromatic rings. The average molecular weight is 482 g/mol. The first-order valence-electron chi connectivity index (χ1n) is 10.6. The van der Waals surface area contributed by atoms with Crippen LogP contribution in [0.25, 0.3) is 0 Å². The van der Waals surface area contributed by atoms with E-state index in [1.807, 2.05) is 4.98 Å². The number of aromatic amines is 2. The van der Waals surface area contributed by atoms with Gasteiger partial charge in [-0.25, -0.2) is 37.7 Å². The predicted octanol–water partition coefficient (Wildman–Crippen LogP) is -4.05. The van der Waals surface area contributed by atoms with E-state index in [0.29, 0.717) is 19.8 Å². The van der Waals surface area contributed by atoms with Crippen molar-refractivity contribution in [3.63, 3.8) is 0 Å². The maximum atomic E-state index is 12.4. The number of hydrogen-bond acceptors (Lipinski definition) is 11. The molecule has 0 aliphatic carbocycles. The van der Waals surface area contributed by atoms with E-state index in [1.165, 1.54) is 0 Å². The fraction of sp³-hybridized carbons (Fsp3) is 0.667. The Morgan fingerprint density at radius 1 is 0.824 bits per heavy atom. The van der Waals surface area contributed by atoms with Crippen molar-refractivity contribution in [3.8, 4) is 6.01 Å². The minimum Gasteiger partial charge on any atom is -0.432 e. The number of hydrogen-bond donors (Lipinski definition) is 2. The molecule has 4 aliphatic heterocycles.